The molecule has 39 heavy (non-hydrogen) atoms. The second-order valence-electron chi connectivity index (χ2n) is 10.1. The number of carboxylic acid groups (broad SMARTS) is 1. The highest BCUT2D eigenvalue weighted by molar-refractivity contribution is 6.27. The van der Waals surface area contributed by atoms with Crippen LogP contribution in [0.25, 0.3) is 43.4 Å². The first-order chi connectivity index (χ1) is 19.0. The van der Waals surface area contributed by atoms with Gasteiger partial charge in [-0.15, -0.1) is 0 Å². The van der Waals surface area contributed by atoms with E-state index in [1.165, 1.54) is 11.8 Å². The summed E-state index contributed by atoms with van der Waals surface area (Å²) < 4.78 is 5.97. The summed E-state index contributed by atoms with van der Waals surface area (Å²) in [5.74, 6) is -1.23. The summed E-state index contributed by atoms with van der Waals surface area (Å²) in [7, 11) is 0. The standard InChI is InChI=1S/C34H25NO4/c1-20(33(36)37)35(30-18-23-10-6-8-21-16-17-22-9-7-15-28(30)32(22)31(21)23)34(38)39-19-29-26-13-4-2-11-24(26)25-12-3-5-14-27(25)29/h2-18,20,29H,19H2,1H3,(H,36,37)/t20-/m0/s1. The summed E-state index contributed by atoms with van der Waals surface area (Å²) in [6, 6.07) is 33.2. The van der Waals surface area contributed by atoms with E-state index in [4.69, 9.17) is 4.74 Å². The summed E-state index contributed by atoms with van der Waals surface area (Å²) in [5, 5.41) is 16.0. The normalized spacial score (nSPS) is 13.5. The third-order valence-corrected chi connectivity index (χ3v) is 8.02. The number of nitrogens with zero attached hydrogens (tertiary/aromatic N) is 1. The molecule has 0 aromatic heterocycles. The number of aliphatic carboxylic acids is 1. The molecule has 0 radical (unpaired) electrons. The number of hydrogen-bond acceptors (Lipinski definition) is 3. The van der Waals surface area contributed by atoms with Crippen molar-refractivity contribution >= 4 is 50.1 Å². The highest BCUT2D eigenvalue weighted by atomic mass is 16.6. The van der Waals surface area contributed by atoms with Gasteiger partial charge in [0, 0.05) is 11.3 Å². The van der Waals surface area contributed by atoms with Gasteiger partial charge in [0.25, 0.3) is 0 Å². The lowest BCUT2D eigenvalue weighted by molar-refractivity contribution is -0.138. The van der Waals surface area contributed by atoms with Crippen molar-refractivity contribution in [2.75, 3.05) is 11.5 Å². The molecule has 7 rings (SSSR count). The molecule has 6 aromatic rings. The van der Waals surface area contributed by atoms with Crippen LogP contribution in [0.4, 0.5) is 10.5 Å². The molecule has 0 fully saturated rings. The summed E-state index contributed by atoms with van der Waals surface area (Å²) in [6.07, 6.45) is -0.679. The average Bonchev–Trinajstić information content (AvgIpc) is 3.28. The van der Waals surface area contributed by atoms with Crippen LogP contribution < -0.4 is 4.90 Å². The molecule has 0 unspecified atom stereocenters. The lowest BCUT2D eigenvalue weighted by Crippen LogP contribution is -2.44. The van der Waals surface area contributed by atoms with Crippen LogP contribution in [0.2, 0.25) is 0 Å². The molecule has 1 amide bonds. The van der Waals surface area contributed by atoms with Crippen molar-refractivity contribution in [1.29, 1.82) is 0 Å². The fraction of sp³-hybridized carbons (Fsp3) is 0.118. The molecular formula is C34H25NO4. The second-order valence-corrected chi connectivity index (χ2v) is 10.1. The van der Waals surface area contributed by atoms with Crippen molar-refractivity contribution in [3.63, 3.8) is 0 Å². The van der Waals surface area contributed by atoms with Gasteiger partial charge >= 0.3 is 12.1 Å². The maximum absolute atomic E-state index is 13.8. The Bertz CT molecular complexity index is 1860. The summed E-state index contributed by atoms with van der Waals surface area (Å²) in [4.78, 5) is 27.4. The first kappa shape index (κ1) is 23.2. The van der Waals surface area contributed by atoms with Crippen LogP contribution in [-0.4, -0.2) is 29.8 Å². The maximum atomic E-state index is 13.8. The van der Waals surface area contributed by atoms with Gasteiger partial charge in [0.2, 0.25) is 0 Å². The van der Waals surface area contributed by atoms with E-state index in [0.717, 1.165) is 54.6 Å². The molecule has 190 valence electrons. The Balaban J connectivity index is 1.32. The van der Waals surface area contributed by atoms with Crippen molar-refractivity contribution in [3.8, 4) is 11.1 Å². The van der Waals surface area contributed by atoms with E-state index in [1.54, 1.807) is 0 Å². The van der Waals surface area contributed by atoms with Crippen LogP contribution in [0.3, 0.4) is 0 Å². The monoisotopic (exact) mass is 511 g/mol. The highest BCUT2D eigenvalue weighted by Crippen LogP contribution is 2.45. The van der Waals surface area contributed by atoms with E-state index < -0.39 is 18.1 Å². The number of carbonyl (C=O) groups is 2. The van der Waals surface area contributed by atoms with E-state index in [2.05, 4.69) is 42.5 Å². The number of carbonyl (C=O) groups excluding carboxylic acids is 1. The molecule has 1 N–H and O–H groups in total. The Morgan fingerprint density at radius 2 is 1.36 bits per heavy atom. The molecule has 1 atom stereocenters. The largest absolute Gasteiger partial charge is 0.480 e. The zero-order valence-electron chi connectivity index (χ0n) is 21.3. The molecule has 0 aliphatic heterocycles. The first-order valence-electron chi connectivity index (χ1n) is 13.1. The molecule has 0 spiro atoms. The predicted molar refractivity (Wildman–Crippen MR) is 155 cm³/mol. The van der Waals surface area contributed by atoms with Gasteiger partial charge in [0.15, 0.2) is 0 Å². The molecular weight excluding hydrogens is 486 g/mol. The number of rotatable bonds is 5. The molecule has 5 nitrogen and oxygen atoms in total. The van der Waals surface area contributed by atoms with Gasteiger partial charge in [-0.3, -0.25) is 4.90 Å². The number of amides is 1. The van der Waals surface area contributed by atoms with Gasteiger partial charge < -0.3 is 9.84 Å². The van der Waals surface area contributed by atoms with E-state index >= 15 is 0 Å². The number of benzene rings is 6. The third-order valence-electron chi connectivity index (χ3n) is 8.02. The zero-order valence-corrected chi connectivity index (χ0v) is 21.3. The Labute approximate surface area is 225 Å². The SMILES string of the molecule is C[C@@H](C(=O)O)N(C(=O)OCC1c2ccccc2-c2ccccc21)c1cc2cccc3ccc4cccc1c4c32. The van der Waals surface area contributed by atoms with Crippen molar-refractivity contribution in [2.24, 2.45) is 0 Å². The van der Waals surface area contributed by atoms with Gasteiger partial charge in [-0.05, 0) is 62.2 Å². The molecule has 1 aliphatic carbocycles. The fourth-order valence-electron chi connectivity index (χ4n) is 6.18. The quantitative estimate of drug-likeness (QED) is 0.240. The van der Waals surface area contributed by atoms with Crippen LogP contribution >= 0.6 is 0 Å². The van der Waals surface area contributed by atoms with Crippen LogP contribution in [-0.2, 0) is 9.53 Å². The lowest BCUT2D eigenvalue weighted by Gasteiger charge is -2.29. The molecule has 0 bridgehead atoms. The highest BCUT2D eigenvalue weighted by Gasteiger charge is 2.33. The van der Waals surface area contributed by atoms with E-state index in [0.29, 0.717) is 5.69 Å². The lowest BCUT2D eigenvalue weighted by atomic mass is 9.92. The molecule has 0 saturated heterocycles. The Morgan fingerprint density at radius 1 is 0.769 bits per heavy atom. The Kier molecular flexibility index (Phi) is 5.27. The predicted octanol–water partition coefficient (Wildman–Crippen LogP) is 7.81. The van der Waals surface area contributed by atoms with Crippen molar-refractivity contribution < 1.29 is 19.4 Å². The number of hydrogen-bond donors (Lipinski definition) is 1. The zero-order chi connectivity index (χ0) is 26.7. The van der Waals surface area contributed by atoms with Gasteiger partial charge in [0.05, 0.1) is 5.69 Å². The fourth-order valence-corrected chi connectivity index (χ4v) is 6.18. The minimum Gasteiger partial charge on any atom is -0.480 e. The third kappa shape index (κ3) is 3.54. The minimum absolute atomic E-state index is 0.110. The molecule has 0 heterocycles. The maximum Gasteiger partial charge on any atom is 0.415 e. The number of fused-ring (bicyclic) bond motifs is 3. The van der Waals surface area contributed by atoms with Gasteiger partial charge in [-0.25, -0.2) is 9.59 Å². The van der Waals surface area contributed by atoms with Crippen LogP contribution in [0, 0.1) is 0 Å². The van der Waals surface area contributed by atoms with Crippen LogP contribution in [0.5, 0.6) is 0 Å². The summed E-state index contributed by atoms with van der Waals surface area (Å²) in [6.45, 7) is 1.63. The Hall–Kier alpha value is -4.90. The van der Waals surface area contributed by atoms with Crippen LogP contribution in [0.1, 0.15) is 24.0 Å². The molecule has 6 aromatic carbocycles. The molecule has 1 aliphatic rings. The van der Waals surface area contributed by atoms with Crippen molar-refractivity contribution in [3.05, 3.63) is 114 Å². The number of ether oxygens (including phenoxy) is 1. The van der Waals surface area contributed by atoms with Gasteiger partial charge in [-0.1, -0.05) is 97.1 Å². The first-order valence-corrected chi connectivity index (χ1v) is 13.1. The van der Waals surface area contributed by atoms with Crippen molar-refractivity contribution in [1.82, 2.24) is 0 Å². The van der Waals surface area contributed by atoms with E-state index in [1.807, 2.05) is 60.7 Å². The minimum atomic E-state index is -1.13. The average molecular weight is 512 g/mol. The molecule has 5 heteroatoms. The topological polar surface area (TPSA) is 66.8 Å². The van der Waals surface area contributed by atoms with E-state index in [9.17, 15) is 14.7 Å². The number of anilines is 1. The molecule has 0 saturated carbocycles. The second kappa shape index (κ2) is 8.84. The van der Waals surface area contributed by atoms with Crippen molar-refractivity contribution in [2.45, 2.75) is 18.9 Å². The Morgan fingerprint density at radius 3 is 2.03 bits per heavy atom. The van der Waals surface area contributed by atoms with Gasteiger partial charge in [0.1, 0.15) is 12.6 Å². The smallest absolute Gasteiger partial charge is 0.415 e. The van der Waals surface area contributed by atoms with E-state index in [-0.39, 0.29) is 12.5 Å². The van der Waals surface area contributed by atoms with Gasteiger partial charge in [-0.2, -0.15) is 0 Å². The number of carboxylic acids is 1. The van der Waals surface area contributed by atoms with Crippen LogP contribution in [0.15, 0.2) is 103 Å². The summed E-state index contributed by atoms with van der Waals surface area (Å²) >= 11 is 0. The summed E-state index contributed by atoms with van der Waals surface area (Å²) in [5.41, 5.74) is 5.00.